The summed E-state index contributed by atoms with van der Waals surface area (Å²) in [5, 5.41) is 0. The Bertz CT molecular complexity index is 672. The van der Waals surface area contributed by atoms with Gasteiger partial charge in [-0.2, -0.15) is 0 Å². The van der Waals surface area contributed by atoms with Gasteiger partial charge in [-0.25, -0.2) is 4.98 Å². The molecule has 0 bridgehead atoms. The molecule has 0 N–H and O–H groups in total. The van der Waals surface area contributed by atoms with Gasteiger partial charge in [-0.05, 0) is 26.0 Å². The summed E-state index contributed by atoms with van der Waals surface area (Å²) >= 11 is 0. The van der Waals surface area contributed by atoms with Gasteiger partial charge in [0, 0.05) is 20.0 Å². The number of fused-ring (bicyclic) bond motifs is 1. The molecule has 0 aliphatic carbocycles. The van der Waals surface area contributed by atoms with E-state index in [2.05, 4.69) is 60.9 Å². The SMILES string of the molecule is C.C.CC(C)n1c(-c2ccccc2)nc2ccccc21.[B]. The summed E-state index contributed by atoms with van der Waals surface area (Å²) in [5.74, 6) is 1.05. The monoisotopic (exact) mass is 279 g/mol. The number of nitrogens with zero attached hydrogens (tertiary/aromatic N) is 2. The van der Waals surface area contributed by atoms with Crippen LogP contribution in [0.15, 0.2) is 54.6 Å². The highest BCUT2D eigenvalue weighted by atomic mass is 15.1. The van der Waals surface area contributed by atoms with Crippen LogP contribution >= 0.6 is 0 Å². The van der Waals surface area contributed by atoms with Crippen molar-refractivity contribution in [2.75, 3.05) is 0 Å². The normalized spacial score (nSPS) is 9.67. The van der Waals surface area contributed by atoms with E-state index in [1.54, 1.807) is 0 Å². The topological polar surface area (TPSA) is 17.8 Å². The van der Waals surface area contributed by atoms with Crippen LogP contribution in [0.5, 0.6) is 0 Å². The predicted molar refractivity (Wildman–Crippen MR) is 94.8 cm³/mol. The summed E-state index contributed by atoms with van der Waals surface area (Å²) in [6, 6.07) is 19.1. The zero-order valence-electron chi connectivity index (χ0n) is 11.2. The van der Waals surface area contributed by atoms with Crippen LogP contribution in [0.2, 0.25) is 0 Å². The predicted octanol–water partition coefficient (Wildman–Crippen LogP) is 5.18. The largest absolute Gasteiger partial charge is 0.321 e. The van der Waals surface area contributed by atoms with Crippen LogP contribution in [-0.2, 0) is 0 Å². The highest BCUT2D eigenvalue weighted by Gasteiger charge is 2.13. The molecule has 0 atom stereocenters. The summed E-state index contributed by atoms with van der Waals surface area (Å²) in [5.41, 5.74) is 3.43. The van der Waals surface area contributed by atoms with Crippen molar-refractivity contribution < 1.29 is 0 Å². The van der Waals surface area contributed by atoms with Crippen molar-refractivity contribution in [3.8, 4) is 11.4 Å². The van der Waals surface area contributed by atoms with Crippen LogP contribution in [0, 0.1) is 0 Å². The summed E-state index contributed by atoms with van der Waals surface area (Å²) in [6.45, 7) is 4.39. The van der Waals surface area contributed by atoms with Crippen LogP contribution in [0.1, 0.15) is 34.7 Å². The van der Waals surface area contributed by atoms with E-state index in [9.17, 15) is 0 Å². The zero-order chi connectivity index (χ0) is 12.5. The van der Waals surface area contributed by atoms with Gasteiger partial charge in [0.1, 0.15) is 5.82 Å². The molecule has 3 aromatic rings. The van der Waals surface area contributed by atoms with Gasteiger partial charge in [-0.15, -0.1) is 0 Å². The van der Waals surface area contributed by atoms with Gasteiger partial charge in [-0.3, -0.25) is 0 Å². The first-order valence-electron chi connectivity index (χ1n) is 6.30. The van der Waals surface area contributed by atoms with E-state index < -0.39 is 0 Å². The lowest BCUT2D eigenvalue weighted by molar-refractivity contribution is 0.624. The molecule has 3 radical (unpaired) electrons. The lowest BCUT2D eigenvalue weighted by Crippen LogP contribution is -2.02. The number of hydrogen-bond acceptors (Lipinski definition) is 1. The van der Waals surface area contributed by atoms with E-state index in [4.69, 9.17) is 4.98 Å². The molecule has 3 rings (SSSR count). The van der Waals surface area contributed by atoms with E-state index >= 15 is 0 Å². The Morgan fingerprint density at radius 3 is 2.05 bits per heavy atom. The van der Waals surface area contributed by atoms with Crippen LogP contribution in [-0.4, -0.2) is 18.0 Å². The Kier molecular flexibility index (Phi) is 6.94. The molecule has 0 fully saturated rings. The molecule has 2 nitrogen and oxygen atoms in total. The Balaban J connectivity index is 0.00000133. The molecule has 0 spiro atoms. The molecule has 1 aromatic heterocycles. The highest BCUT2D eigenvalue weighted by Crippen LogP contribution is 2.27. The lowest BCUT2D eigenvalue weighted by atomic mass is 10.2. The maximum atomic E-state index is 4.77. The van der Waals surface area contributed by atoms with Crippen molar-refractivity contribution >= 4 is 19.4 Å². The number of aromatic nitrogens is 2. The molecule has 109 valence electrons. The Morgan fingerprint density at radius 1 is 0.857 bits per heavy atom. The van der Waals surface area contributed by atoms with Gasteiger partial charge in [0.15, 0.2) is 0 Å². The molecule has 3 heteroatoms. The molecule has 0 saturated heterocycles. The van der Waals surface area contributed by atoms with Gasteiger partial charge in [0.2, 0.25) is 0 Å². The third-order valence-electron chi connectivity index (χ3n) is 3.14. The first kappa shape index (κ1) is 19.0. The Morgan fingerprint density at radius 2 is 1.43 bits per heavy atom. The van der Waals surface area contributed by atoms with Gasteiger partial charge >= 0.3 is 0 Å². The smallest absolute Gasteiger partial charge is 0.141 e. The number of rotatable bonds is 2. The lowest BCUT2D eigenvalue weighted by Gasteiger charge is -2.12. The Labute approximate surface area is 130 Å². The summed E-state index contributed by atoms with van der Waals surface area (Å²) in [4.78, 5) is 4.77. The van der Waals surface area contributed by atoms with E-state index in [0.717, 1.165) is 11.3 Å². The summed E-state index contributed by atoms with van der Waals surface area (Å²) in [7, 11) is 0. The van der Waals surface area contributed by atoms with E-state index in [-0.39, 0.29) is 23.3 Å². The van der Waals surface area contributed by atoms with Crippen molar-refractivity contribution in [1.82, 2.24) is 9.55 Å². The van der Waals surface area contributed by atoms with Crippen LogP contribution in [0.4, 0.5) is 0 Å². The van der Waals surface area contributed by atoms with Crippen LogP contribution in [0.25, 0.3) is 22.4 Å². The van der Waals surface area contributed by atoms with E-state index in [0.29, 0.717) is 6.04 Å². The first-order chi connectivity index (χ1) is 8.77. The minimum atomic E-state index is 0. The second-order valence-corrected chi connectivity index (χ2v) is 4.75. The molecule has 21 heavy (non-hydrogen) atoms. The molecule has 0 aliphatic rings. The minimum Gasteiger partial charge on any atom is -0.321 e. The van der Waals surface area contributed by atoms with Crippen molar-refractivity contribution in [1.29, 1.82) is 0 Å². The Hall–Kier alpha value is -2.03. The van der Waals surface area contributed by atoms with Gasteiger partial charge in [0.25, 0.3) is 0 Å². The van der Waals surface area contributed by atoms with E-state index in [1.807, 2.05) is 12.1 Å². The average Bonchev–Trinajstić information content (AvgIpc) is 2.79. The van der Waals surface area contributed by atoms with Crippen molar-refractivity contribution in [2.45, 2.75) is 34.7 Å². The number of benzene rings is 2. The van der Waals surface area contributed by atoms with Crippen molar-refractivity contribution in [2.24, 2.45) is 0 Å². The molecule has 2 aromatic carbocycles. The van der Waals surface area contributed by atoms with Crippen LogP contribution in [0.3, 0.4) is 0 Å². The van der Waals surface area contributed by atoms with Gasteiger partial charge in [0.05, 0.1) is 11.0 Å². The molecule has 0 saturated carbocycles. The molecule has 0 amide bonds. The van der Waals surface area contributed by atoms with Crippen LogP contribution < -0.4 is 0 Å². The molecule has 0 unspecified atom stereocenters. The molecular weight excluding hydrogens is 255 g/mol. The molecule has 1 heterocycles. The van der Waals surface area contributed by atoms with Gasteiger partial charge in [-0.1, -0.05) is 57.3 Å². The number of imidazole rings is 1. The van der Waals surface area contributed by atoms with Gasteiger partial charge < -0.3 is 4.57 Å². The fourth-order valence-electron chi connectivity index (χ4n) is 2.36. The fourth-order valence-corrected chi connectivity index (χ4v) is 2.36. The standard InChI is InChI=1S/C16H16N2.2CH4.B/c1-12(2)18-15-11-7-6-10-14(15)17-16(18)13-8-4-3-5-9-13;;;/h3-12H,1-2H3;2*1H4;. The maximum absolute atomic E-state index is 4.77. The summed E-state index contributed by atoms with van der Waals surface area (Å²) in [6.07, 6.45) is 0. The first-order valence-corrected chi connectivity index (χ1v) is 6.30. The minimum absolute atomic E-state index is 0. The summed E-state index contributed by atoms with van der Waals surface area (Å²) < 4.78 is 2.30. The average molecular weight is 279 g/mol. The van der Waals surface area contributed by atoms with E-state index in [1.165, 1.54) is 11.1 Å². The zero-order valence-corrected chi connectivity index (χ0v) is 11.2. The molecule has 0 aliphatic heterocycles. The fraction of sp³-hybridized carbons (Fsp3) is 0.278. The third kappa shape index (κ3) is 3.36. The quantitative estimate of drug-likeness (QED) is 0.591. The van der Waals surface area contributed by atoms with Crippen molar-refractivity contribution in [3.63, 3.8) is 0 Å². The molecular formula is C18H24BN2. The maximum Gasteiger partial charge on any atom is 0.141 e. The second-order valence-electron chi connectivity index (χ2n) is 4.75. The highest BCUT2D eigenvalue weighted by molar-refractivity contribution is 5.80. The second kappa shape index (κ2) is 7.68. The third-order valence-corrected chi connectivity index (χ3v) is 3.14. The number of hydrogen-bond donors (Lipinski definition) is 0. The number of para-hydroxylation sites is 2. The van der Waals surface area contributed by atoms with Crippen molar-refractivity contribution in [3.05, 3.63) is 54.6 Å².